The van der Waals surface area contributed by atoms with E-state index in [1.54, 1.807) is 41.8 Å². The molecule has 1 aliphatic carbocycles. The number of nitrogens with one attached hydrogen (secondary N) is 1. The topological polar surface area (TPSA) is 61.7 Å². The Kier molecular flexibility index (Phi) is 5.03. The van der Waals surface area contributed by atoms with Gasteiger partial charge >= 0.3 is 0 Å². The van der Waals surface area contributed by atoms with Gasteiger partial charge in [-0.3, -0.25) is 4.79 Å². The van der Waals surface area contributed by atoms with E-state index in [1.165, 1.54) is 4.88 Å². The number of carbonyl (C=O) groups excluding carboxylic acids is 1. The first-order valence-electron chi connectivity index (χ1n) is 9.05. The Hall–Kier alpha value is -2.92. The highest BCUT2D eigenvalue weighted by atomic mass is 32.1. The Bertz CT molecular complexity index is 976. The Morgan fingerprint density at radius 2 is 1.78 bits per heavy atom. The Morgan fingerprint density at radius 3 is 2.56 bits per heavy atom. The molecule has 0 saturated heterocycles. The highest BCUT2D eigenvalue weighted by molar-refractivity contribution is 7.16. The number of aromatic hydroxyl groups is 1. The summed E-state index contributed by atoms with van der Waals surface area (Å²) in [5, 5.41) is 13.2. The number of carbonyl (C=O) groups is 1. The van der Waals surface area contributed by atoms with Crippen LogP contribution in [0, 0.1) is 0 Å². The summed E-state index contributed by atoms with van der Waals surface area (Å²) in [6.45, 7) is 0. The van der Waals surface area contributed by atoms with Crippen LogP contribution in [-0.2, 0) is 12.8 Å². The van der Waals surface area contributed by atoms with Crippen LogP contribution in [0.4, 0.5) is 10.7 Å². The first kappa shape index (κ1) is 17.5. The number of benzene rings is 2. The average Bonchev–Trinajstić information content (AvgIpc) is 3.07. The molecule has 0 unspecified atom stereocenters. The van der Waals surface area contributed by atoms with Crippen LogP contribution in [0.1, 0.15) is 39.2 Å². The minimum atomic E-state index is -0.0987. The lowest BCUT2D eigenvalue weighted by Gasteiger charge is -2.12. The van der Waals surface area contributed by atoms with Gasteiger partial charge in [0, 0.05) is 16.8 Å². The maximum absolute atomic E-state index is 13.0. The molecule has 0 atom stereocenters. The fourth-order valence-electron chi connectivity index (χ4n) is 3.29. The molecule has 0 radical (unpaired) electrons. The quantitative estimate of drug-likeness (QED) is 0.604. The minimum Gasteiger partial charge on any atom is -0.508 e. The normalized spacial score (nSPS) is 13.5. The number of fused-ring (bicyclic) bond motifs is 1. The third-order valence-electron chi connectivity index (χ3n) is 4.64. The predicted molar refractivity (Wildman–Crippen MR) is 111 cm³/mol. The standard InChI is InChI=1S/C22H20N2O2S/c25-17-12-10-15(11-13-17)14-23-22-20(18-8-4-5-9-19(18)27-22)21(26)24-16-6-2-1-3-7-16/h1-3,6-7,10-14,25H,4-5,8-9H2,(H,24,26). The zero-order chi connectivity index (χ0) is 18.6. The fourth-order valence-corrected chi connectivity index (χ4v) is 4.52. The van der Waals surface area contributed by atoms with Gasteiger partial charge in [-0.1, -0.05) is 18.2 Å². The van der Waals surface area contributed by atoms with Crippen molar-refractivity contribution in [3.8, 4) is 5.75 Å². The van der Waals surface area contributed by atoms with Crippen molar-refractivity contribution in [2.75, 3.05) is 5.32 Å². The van der Waals surface area contributed by atoms with Crippen LogP contribution in [0.5, 0.6) is 5.75 Å². The number of nitrogens with zero attached hydrogens (tertiary/aromatic N) is 1. The molecule has 27 heavy (non-hydrogen) atoms. The third kappa shape index (κ3) is 3.93. The van der Waals surface area contributed by atoms with E-state index in [9.17, 15) is 9.90 Å². The average molecular weight is 376 g/mol. The second-order valence-corrected chi connectivity index (χ2v) is 7.64. The van der Waals surface area contributed by atoms with Crippen molar-refractivity contribution in [3.63, 3.8) is 0 Å². The number of thiophene rings is 1. The maximum Gasteiger partial charge on any atom is 0.259 e. The molecule has 0 aliphatic heterocycles. The highest BCUT2D eigenvalue weighted by Crippen LogP contribution is 2.40. The summed E-state index contributed by atoms with van der Waals surface area (Å²) in [4.78, 5) is 18.9. The summed E-state index contributed by atoms with van der Waals surface area (Å²) in [6.07, 6.45) is 5.96. The number of hydrogen-bond acceptors (Lipinski definition) is 4. The largest absolute Gasteiger partial charge is 0.508 e. The molecule has 5 heteroatoms. The van der Waals surface area contributed by atoms with Crippen molar-refractivity contribution in [2.45, 2.75) is 25.7 Å². The molecule has 0 saturated carbocycles. The van der Waals surface area contributed by atoms with E-state index in [4.69, 9.17) is 0 Å². The first-order valence-corrected chi connectivity index (χ1v) is 9.86. The highest BCUT2D eigenvalue weighted by Gasteiger charge is 2.25. The summed E-state index contributed by atoms with van der Waals surface area (Å²) in [7, 11) is 0. The van der Waals surface area contributed by atoms with E-state index in [2.05, 4.69) is 10.3 Å². The molecule has 0 spiro atoms. The summed E-state index contributed by atoms with van der Waals surface area (Å²) in [5.41, 5.74) is 3.52. The van der Waals surface area contributed by atoms with Gasteiger partial charge in [0.1, 0.15) is 10.8 Å². The number of hydrogen-bond donors (Lipinski definition) is 2. The Balaban J connectivity index is 1.67. The number of phenolic OH excluding ortho intramolecular Hbond substituents is 1. The van der Waals surface area contributed by atoms with E-state index in [0.717, 1.165) is 47.5 Å². The zero-order valence-electron chi connectivity index (χ0n) is 14.8. The van der Waals surface area contributed by atoms with Gasteiger partial charge in [-0.2, -0.15) is 0 Å². The molecule has 2 aromatic carbocycles. The van der Waals surface area contributed by atoms with Crippen LogP contribution in [0.2, 0.25) is 0 Å². The smallest absolute Gasteiger partial charge is 0.259 e. The van der Waals surface area contributed by atoms with Crippen molar-refractivity contribution in [1.82, 2.24) is 0 Å². The molecule has 2 N–H and O–H groups in total. The summed E-state index contributed by atoms with van der Waals surface area (Å²) >= 11 is 1.62. The first-order chi connectivity index (χ1) is 13.2. The number of aryl methyl sites for hydroxylation is 1. The second kappa shape index (κ2) is 7.76. The van der Waals surface area contributed by atoms with Crippen LogP contribution in [0.15, 0.2) is 59.6 Å². The zero-order valence-corrected chi connectivity index (χ0v) is 15.6. The third-order valence-corrected chi connectivity index (χ3v) is 5.84. The van der Waals surface area contributed by atoms with Gasteiger partial charge in [0.15, 0.2) is 0 Å². The van der Waals surface area contributed by atoms with Crippen molar-refractivity contribution >= 4 is 34.1 Å². The summed E-state index contributed by atoms with van der Waals surface area (Å²) < 4.78 is 0. The lowest BCUT2D eigenvalue weighted by molar-refractivity contribution is 0.102. The molecule has 3 aromatic rings. The fraction of sp³-hybridized carbons (Fsp3) is 0.182. The molecule has 1 heterocycles. The molecule has 0 bridgehead atoms. The van der Waals surface area contributed by atoms with E-state index in [-0.39, 0.29) is 11.7 Å². The number of anilines is 1. The van der Waals surface area contributed by atoms with Gasteiger partial charge in [-0.05, 0) is 73.2 Å². The molecular formula is C22H20N2O2S. The lowest BCUT2D eigenvalue weighted by Crippen LogP contribution is -2.14. The lowest BCUT2D eigenvalue weighted by atomic mass is 9.95. The molecular weight excluding hydrogens is 356 g/mol. The summed E-state index contributed by atoms with van der Waals surface area (Å²) in [6, 6.07) is 16.4. The van der Waals surface area contributed by atoms with Gasteiger partial charge in [0.05, 0.1) is 5.56 Å². The molecule has 0 fully saturated rings. The van der Waals surface area contributed by atoms with Gasteiger partial charge in [0.25, 0.3) is 5.91 Å². The number of amides is 1. The molecule has 136 valence electrons. The molecule has 4 rings (SSSR count). The van der Waals surface area contributed by atoms with Crippen molar-refractivity contribution in [2.24, 2.45) is 4.99 Å². The van der Waals surface area contributed by atoms with Crippen LogP contribution >= 0.6 is 11.3 Å². The number of para-hydroxylation sites is 1. The number of aliphatic imine (C=N–C) groups is 1. The molecule has 1 amide bonds. The molecule has 1 aliphatic rings. The van der Waals surface area contributed by atoms with Gasteiger partial charge in [-0.25, -0.2) is 4.99 Å². The molecule has 4 nitrogen and oxygen atoms in total. The van der Waals surface area contributed by atoms with Crippen LogP contribution < -0.4 is 5.32 Å². The maximum atomic E-state index is 13.0. The Labute approximate surface area is 162 Å². The van der Waals surface area contributed by atoms with Crippen molar-refractivity contribution < 1.29 is 9.90 Å². The minimum absolute atomic E-state index is 0.0987. The van der Waals surface area contributed by atoms with Gasteiger partial charge < -0.3 is 10.4 Å². The number of rotatable bonds is 4. The monoisotopic (exact) mass is 376 g/mol. The van der Waals surface area contributed by atoms with Gasteiger partial charge in [0.2, 0.25) is 0 Å². The van der Waals surface area contributed by atoms with E-state index < -0.39 is 0 Å². The predicted octanol–water partition coefficient (Wildman–Crippen LogP) is 5.34. The van der Waals surface area contributed by atoms with Crippen molar-refractivity contribution in [1.29, 1.82) is 0 Å². The van der Waals surface area contributed by atoms with E-state index in [1.807, 2.05) is 30.3 Å². The van der Waals surface area contributed by atoms with Gasteiger partial charge in [-0.15, -0.1) is 11.3 Å². The van der Waals surface area contributed by atoms with Crippen LogP contribution in [0.3, 0.4) is 0 Å². The SMILES string of the molecule is O=C(Nc1ccccc1)c1c(N=Cc2ccc(O)cc2)sc2c1CCCC2. The second-order valence-electron chi connectivity index (χ2n) is 6.56. The number of phenols is 1. The summed E-state index contributed by atoms with van der Waals surface area (Å²) in [5.74, 6) is 0.125. The Morgan fingerprint density at radius 1 is 1.04 bits per heavy atom. The van der Waals surface area contributed by atoms with E-state index >= 15 is 0 Å². The van der Waals surface area contributed by atoms with Crippen molar-refractivity contribution in [3.05, 3.63) is 76.2 Å². The van der Waals surface area contributed by atoms with Crippen LogP contribution in [0.25, 0.3) is 0 Å². The van der Waals surface area contributed by atoms with Crippen LogP contribution in [-0.4, -0.2) is 17.2 Å². The molecule has 1 aromatic heterocycles. The van der Waals surface area contributed by atoms with E-state index in [0.29, 0.717) is 5.56 Å².